The predicted octanol–water partition coefficient (Wildman–Crippen LogP) is 10.4. The van der Waals surface area contributed by atoms with Crippen LogP contribution in [0.5, 0.6) is 17.2 Å². The number of aryl methyl sites for hydroxylation is 2. The van der Waals surface area contributed by atoms with Gasteiger partial charge in [-0.2, -0.15) is 12.6 Å². The molecule has 5 aromatic rings. The molecule has 0 saturated carbocycles. The van der Waals surface area contributed by atoms with E-state index in [0.717, 1.165) is 101 Å². The number of fused-ring (bicyclic) bond motifs is 8. The number of ether oxygens (including phenoxy) is 5. The van der Waals surface area contributed by atoms with Gasteiger partial charge < -0.3 is 38.4 Å². The predicted molar refractivity (Wildman–Crippen MR) is 269 cm³/mol. The van der Waals surface area contributed by atoms with Crippen LogP contribution in [0.2, 0.25) is 0 Å². The second-order valence-electron chi connectivity index (χ2n) is 19.4. The van der Waals surface area contributed by atoms with Crippen LogP contribution in [0.1, 0.15) is 100 Å². The third-order valence-electron chi connectivity index (χ3n) is 13.7. The molecule has 0 fully saturated rings. The summed E-state index contributed by atoms with van der Waals surface area (Å²) < 4.78 is 30.8. The molecule has 0 N–H and O–H groups in total. The summed E-state index contributed by atoms with van der Waals surface area (Å²) in [5.41, 5.74) is 11.7. The zero-order chi connectivity index (χ0) is 46.8. The molecule has 2 amide bonds. The fourth-order valence-corrected chi connectivity index (χ4v) is 10.7. The number of thiol groups is 1. The lowest BCUT2D eigenvalue weighted by atomic mass is 9.91. The van der Waals surface area contributed by atoms with Crippen molar-refractivity contribution in [2.75, 3.05) is 61.3 Å². The molecule has 5 aromatic carbocycles. The fourth-order valence-electron chi connectivity index (χ4n) is 10.5. The van der Waals surface area contributed by atoms with Crippen molar-refractivity contribution < 1.29 is 33.3 Å². The van der Waals surface area contributed by atoms with Crippen LogP contribution < -0.4 is 28.9 Å². The van der Waals surface area contributed by atoms with Crippen LogP contribution in [0.4, 0.5) is 17.1 Å². The molecule has 9 rings (SSSR count). The Morgan fingerprint density at radius 1 is 0.701 bits per heavy atom. The summed E-state index contributed by atoms with van der Waals surface area (Å²) >= 11 is 4.97. The summed E-state index contributed by atoms with van der Waals surface area (Å²) in [6.45, 7) is 14.8. The monoisotopic (exact) mass is 923 g/mol. The van der Waals surface area contributed by atoms with Gasteiger partial charge in [0.2, 0.25) is 0 Å². The van der Waals surface area contributed by atoms with Gasteiger partial charge in [-0.05, 0) is 159 Å². The Morgan fingerprint density at radius 3 is 2.03 bits per heavy atom. The Bertz CT molecular complexity index is 2620. The molecule has 4 heterocycles. The number of para-hydroxylation sites is 2. The Kier molecular flexibility index (Phi) is 13.9. The molecule has 0 aliphatic carbocycles. The summed E-state index contributed by atoms with van der Waals surface area (Å²) in [5, 5.41) is 0. The molecule has 0 radical (unpaired) electrons. The van der Waals surface area contributed by atoms with Crippen LogP contribution in [-0.2, 0) is 48.4 Å². The van der Waals surface area contributed by atoms with Crippen LogP contribution in [0.3, 0.4) is 0 Å². The first-order valence-corrected chi connectivity index (χ1v) is 24.5. The van der Waals surface area contributed by atoms with Crippen LogP contribution in [0, 0.1) is 12.8 Å². The Labute approximate surface area is 401 Å². The second kappa shape index (κ2) is 20.0. The lowest BCUT2D eigenvalue weighted by Gasteiger charge is -2.32. The van der Waals surface area contributed by atoms with E-state index in [1.807, 2.05) is 47.1 Å². The van der Waals surface area contributed by atoms with Crippen molar-refractivity contribution in [2.24, 2.45) is 5.92 Å². The average Bonchev–Trinajstić information content (AvgIpc) is 3.83. The number of benzene rings is 5. The van der Waals surface area contributed by atoms with Crippen LogP contribution in [-0.4, -0.2) is 75.3 Å². The molecule has 0 bridgehead atoms. The van der Waals surface area contributed by atoms with Crippen molar-refractivity contribution in [1.29, 1.82) is 0 Å². The van der Waals surface area contributed by atoms with Gasteiger partial charge in [0, 0.05) is 64.7 Å². The first kappa shape index (κ1) is 46.6. The van der Waals surface area contributed by atoms with E-state index >= 15 is 0 Å². The van der Waals surface area contributed by atoms with Gasteiger partial charge in [-0.25, -0.2) is 0 Å². The number of hydrogen-bond acceptors (Lipinski definition) is 9. The summed E-state index contributed by atoms with van der Waals surface area (Å²) in [6, 6.07) is 31.2. The van der Waals surface area contributed by atoms with E-state index < -0.39 is 0 Å². The first-order chi connectivity index (χ1) is 32.4. The molecule has 1 unspecified atom stereocenters. The summed E-state index contributed by atoms with van der Waals surface area (Å²) in [5.74, 6) is 2.20. The summed E-state index contributed by atoms with van der Waals surface area (Å²) in [6.07, 6.45) is 5.15. The van der Waals surface area contributed by atoms with Gasteiger partial charge in [0.1, 0.15) is 19.0 Å². The Morgan fingerprint density at radius 2 is 1.33 bits per heavy atom. The lowest BCUT2D eigenvalue weighted by molar-refractivity contribution is 0.0505. The Balaban J connectivity index is 0.986. The van der Waals surface area contributed by atoms with Crippen molar-refractivity contribution in [2.45, 2.75) is 103 Å². The van der Waals surface area contributed by atoms with Gasteiger partial charge in [-0.1, -0.05) is 50.2 Å². The van der Waals surface area contributed by atoms with E-state index in [4.69, 9.17) is 36.3 Å². The highest BCUT2D eigenvalue weighted by molar-refractivity contribution is 7.81. The highest BCUT2D eigenvalue weighted by Crippen LogP contribution is 2.43. The van der Waals surface area contributed by atoms with E-state index in [0.29, 0.717) is 56.6 Å². The minimum Gasteiger partial charge on any atom is -0.493 e. The maximum Gasteiger partial charge on any atom is 0.258 e. The van der Waals surface area contributed by atoms with E-state index in [9.17, 15) is 9.59 Å². The quantitative estimate of drug-likeness (QED) is 0.0687. The number of hydrogen-bond donors (Lipinski definition) is 1. The minimum atomic E-state index is -0.304. The SMILES string of the molecule is CCCOCCOCCN(CC(C)(C)S)c1cc(COc2cc3c(cc2C)C(=O)N2c4ccccc4C[C@H]2CC3)cc(COc2cc3c(cc2OC)C(=O)N2c4ccccc4C[C@H]2C(C)C3)c1. The number of nitrogens with zero attached hydrogens (tertiary/aromatic N) is 3. The standard InChI is InChI=1S/C56H65N3O7S/c1-7-19-63-21-22-64-20-18-57(35-56(4,5)67)45-26-38(33-65-51-30-40-16-17-44-28-41-12-8-10-14-48(41)58(44)54(60)46(40)24-37(51)3)25-39(27-45)34-66-53-31-43-23-36(2)50-29-42-13-9-11-15-49(42)59(50)55(61)47(43)32-52(53)62-6/h8-15,24-27,30-32,36,44,50,67H,7,16-23,28-29,33-35H2,1-6H3/t36?,44-,50+/m1/s1. The number of amides is 2. The van der Waals surface area contributed by atoms with Gasteiger partial charge >= 0.3 is 0 Å². The molecule has 0 spiro atoms. The number of anilines is 3. The molecule has 3 atom stereocenters. The topological polar surface area (TPSA) is 90.0 Å². The van der Waals surface area contributed by atoms with Gasteiger partial charge in [0.05, 0.1) is 26.9 Å². The van der Waals surface area contributed by atoms with Crippen molar-refractivity contribution in [3.63, 3.8) is 0 Å². The van der Waals surface area contributed by atoms with Crippen LogP contribution in [0.15, 0.2) is 91.0 Å². The summed E-state index contributed by atoms with van der Waals surface area (Å²) in [4.78, 5) is 34.8. The molecule has 352 valence electrons. The molecule has 0 aromatic heterocycles. The molecule has 10 nitrogen and oxygen atoms in total. The number of rotatable bonds is 18. The second-order valence-corrected chi connectivity index (χ2v) is 20.6. The van der Waals surface area contributed by atoms with Crippen LogP contribution >= 0.6 is 12.6 Å². The Hall–Kier alpha value is -5.49. The van der Waals surface area contributed by atoms with Gasteiger partial charge in [0.15, 0.2) is 11.5 Å². The van der Waals surface area contributed by atoms with E-state index in [2.05, 4.69) is 93.3 Å². The van der Waals surface area contributed by atoms with Gasteiger partial charge in [-0.15, -0.1) is 0 Å². The maximum absolute atomic E-state index is 14.3. The van der Waals surface area contributed by atoms with Crippen LogP contribution in [0.25, 0.3) is 0 Å². The molecular formula is C56H65N3O7S. The molecule has 4 aliphatic rings. The third-order valence-corrected chi connectivity index (χ3v) is 13.9. The zero-order valence-corrected chi connectivity index (χ0v) is 40.8. The summed E-state index contributed by atoms with van der Waals surface area (Å²) in [7, 11) is 1.63. The van der Waals surface area contributed by atoms with E-state index in [1.54, 1.807) is 7.11 Å². The molecule has 67 heavy (non-hydrogen) atoms. The van der Waals surface area contributed by atoms with Crippen molar-refractivity contribution >= 4 is 41.5 Å². The number of carbonyl (C=O) groups excluding carboxylic acids is 2. The van der Waals surface area contributed by atoms with Crippen molar-refractivity contribution in [3.05, 3.63) is 141 Å². The molecule has 0 saturated heterocycles. The number of carbonyl (C=O) groups is 2. The smallest absolute Gasteiger partial charge is 0.258 e. The van der Waals surface area contributed by atoms with E-state index in [-0.39, 0.29) is 41.2 Å². The van der Waals surface area contributed by atoms with Gasteiger partial charge in [0.25, 0.3) is 11.8 Å². The zero-order valence-electron chi connectivity index (χ0n) is 39.9. The largest absolute Gasteiger partial charge is 0.493 e. The lowest BCUT2D eigenvalue weighted by Crippen LogP contribution is -2.40. The molecule has 4 aliphatic heterocycles. The highest BCUT2D eigenvalue weighted by Gasteiger charge is 2.41. The fraction of sp³-hybridized carbons (Fsp3) is 0.429. The molecular weight excluding hydrogens is 859 g/mol. The maximum atomic E-state index is 14.3. The first-order valence-electron chi connectivity index (χ1n) is 24.1. The number of methoxy groups -OCH3 is 1. The van der Waals surface area contributed by atoms with Gasteiger partial charge in [-0.3, -0.25) is 9.59 Å². The third kappa shape index (κ3) is 10.1. The minimum absolute atomic E-state index is 0.00333. The molecule has 11 heteroatoms. The average molecular weight is 924 g/mol. The van der Waals surface area contributed by atoms with Crippen molar-refractivity contribution in [3.8, 4) is 17.2 Å². The van der Waals surface area contributed by atoms with Crippen molar-refractivity contribution in [1.82, 2.24) is 0 Å². The van der Waals surface area contributed by atoms with E-state index in [1.165, 1.54) is 11.1 Å². The normalized spacial score (nSPS) is 18.3. The highest BCUT2D eigenvalue weighted by atomic mass is 32.1.